The number of para-hydroxylation sites is 1. The zero-order valence-electron chi connectivity index (χ0n) is 11.3. The molecule has 0 heterocycles. The van der Waals surface area contributed by atoms with Gasteiger partial charge in [0.05, 0.1) is 0 Å². The number of rotatable bonds is 3. The molecule has 0 unspecified atom stereocenters. The fourth-order valence-corrected chi connectivity index (χ4v) is 2.25. The Balaban J connectivity index is 2.52. The molecule has 0 aliphatic carbocycles. The van der Waals surface area contributed by atoms with Crippen molar-refractivity contribution in [3.63, 3.8) is 0 Å². The lowest BCUT2D eigenvalue weighted by atomic mass is 10.1. The van der Waals surface area contributed by atoms with Gasteiger partial charge in [-0.25, -0.2) is 0 Å². The van der Waals surface area contributed by atoms with Gasteiger partial charge in [-0.1, -0.05) is 24.3 Å². The van der Waals surface area contributed by atoms with E-state index in [2.05, 4.69) is 56.0 Å². The Morgan fingerprint density at radius 1 is 0.944 bits per heavy atom. The van der Waals surface area contributed by atoms with Crippen molar-refractivity contribution in [1.29, 1.82) is 0 Å². The van der Waals surface area contributed by atoms with Crippen molar-refractivity contribution in [2.75, 3.05) is 17.2 Å². The maximum atomic E-state index is 5.91. The number of hydrogen-bond acceptors (Lipinski definition) is 2. The number of anilines is 3. The molecule has 0 saturated carbocycles. The van der Waals surface area contributed by atoms with Gasteiger partial charge in [0.1, 0.15) is 0 Å². The van der Waals surface area contributed by atoms with Crippen molar-refractivity contribution in [2.24, 2.45) is 0 Å². The highest BCUT2D eigenvalue weighted by Crippen LogP contribution is 2.31. The van der Waals surface area contributed by atoms with E-state index in [0.717, 1.165) is 12.2 Å². The van der Waals surface area contributed by atoms with E-state index in [9.17, 15) is 0 Å². The van der Waals surface area contributed by atoms with Gasteiger partial charge in [0.2, 0.25) is 0 Å². The van der Waals surface area contributed by atoms with E-state index in [0.29, 0.717) is 0 Å². The first-order chi connectivity index (χ1) is 8.63. The molecule has 0 aliphatic heterocycles. The third-order valence-corrected chi connectivity index (χ3v) is 3.25. The molecule has 0 spiro atoms. The molecule has 0 fully saturated rings. The first kappa shape index (κ1) is 12.5. The van der Waals surface area contributed by atoms with Crippen LogP contribution in [0.2, 0.25) is 0 Å². The minimum atomic E-state index is 0.808. The van der Waals surface area contributed by atoms with Gasteiger partial charge < -0.3 is 10.6 Å². The van der Waals surface area contributed by atoms with E-state index in [1.807, 2.05) is 12.1 Å². The summed E-state index contributed by atoms with van der Waals surface area (Å²) in [7, 11) is 0. The molecule has 0 amide bonds. The van der Waals surface area contributed by atoms with E-state index in [4.69, 9.17) is 5.73 Å². The molecule has 2 nitrogen and oxygen atoms in total. The molecule has 2 N–H and O–H groups in total. The number of aryl methyl sites for hydroxylation is 2. The lowest BCUT2D eigenvalue weighted by Gasteiger charge is -2.27. The molecule has 0 radical (unpaired) electrons. The van der Waals surface area contributed by atoms with E-state index in [1.54, 1.807) is 0 Å². The fraction of sp³-hybridized carbons (Fsp3) is 0.250. The van der Waals surface area contributed by atoms with Crippen LogP contribution in [0.15, 0.2) is 42.5 Å². The molecule has 18 heavy (non-hydrogen) atoms. The van der Waals surface area contributed by atoms with Crippen LogP contribution in [0.25, 0.3) is 0 Å². The summed E-state index contributed by atoms with van der Waals surface area (Å²) in [5.74, 6) is 0. The van der Waals surface area contributed by atoms with Crippen molar-refractivity contribution in [2.45, 2.75) is 20.8 Å². The zero-order valence-corrected chi connectivity index (χ0v) is 11.3. The van der Waals surface area contributed by atoms with Crippen molar-refractivity contribution in [3.8, 4) is 0 Å². The average molecular weight is 240 g/mol. The molecule has 94 valence electrons. The molecule has 2 rings (SSSR count). The smallest absolute Gasteiger partial charge is 0.0461 e. The largest absolute Gasteiger partial charge is 0.399 e. The highest BCUT2D eigenvalue weighted by Gasteiger charge is 2.11. The highest BCUT2D eigenvalue weighted by atomic mass is 15.1. The Hall–Kier alpha value is -1.96. The molecule has 0 bridgehead atoms. The second-order valence-corrected chi connectivity index (χ2v) is 4.58. The number of benzene rings is 2. The van der Waals surface area contributed by atoms with Gasteiger partial charge in [-0.3, -0.25) is 0 Å². The lowest BCUT2D eigenvalue weighted by Crippen LogP contribution is -2.18. The van der Waals surface area contributed by atoms with Crippen molar-refractivity contribution in [3.05, 3.63) is 53.6 Å². The standard InChI is InChI=1S/C16H20N2/c1-4-18(15-8-6-5-7-12(15)2)16-11-14(17)10-9-13(16)3/h5-11H,4,17H2,1-3H3. The topological polar surface area (TPSA) is 29.3 Å². The lowest BCUT2D eigenvalue weighted by molar-refractivity contribution is 1.01. The molecule has 0 saturated heterocycles. The first-order valence-corrected chi connectivity index (χ1v) is 6.32. The second kappa shape index (κ2) is 5.13. The summed E-state index contributed by atoms with van der Waals surface area (Å²) < 4.78 is 0. The van der Waals surface area contributed by atoms with Crippen LogP contribution in [-0.4, -0.2) is 6.54 Å². The van der Waals surface area contributed by atoms with Crippen molar-refractivity contribution >= 4 is 17.1 Å². The monoisotopic (exact) mass is 240 g/mol. The third kappa shape index (κ3) is 2.33. The van der Waals surface area contributed by atoms with E-state index in [1.165, 1.54) is 22.5 Å². The van der Waals surface area contributed by atoms with Crippen LogP contribution in [0.1, 0.15) is 18.1 Å². The highest BCUT2D eigenvalue weighted by molar-refractivity contribution is 5.71. The second-order valence-electron chi connectivity index (χ2n) is 4.58. The van der Waals surface area contributed by atoms with Gasteiger partial charge >= 0.3 is 0 Å². The van der Waals surface area contributed by atoms with E-state index in [-0.39, 0.29) is 0 Å². The van der Waals surface area contributed by atoms with Crippen molar-refractivity contribution in [1.82, 2.24) is 0 Å². The summed E-state index contributed by atoms with van der Waals surface area (Å²) in [5.41, 5.74) is 11.7. The molecular formula is C16H20N2. The zero-order chi connectivity index (χ0) is 13.1. The van der Waals surface area contributed by atoms with Gasteiger partial charge in [0, 0.05) is 23.6 Å². The van der Waals surface area contributed by atoms with Crippen LogP contribution in [0.3, 0.4) is 0 Å². The number of nitrogens with zero attached hydrogens (tertiary/aromatic N) is 1. The Morgan fingerprint density at radius 2 is 1.61 bits per heavy atom. The molecule has 2 heteroatoms. The fourth-order valence-electron chi connectivity index (χ4n) is 2.25. The molecule has 2 aromatic carbocycles. The minimum absolute atomic E-state index is 0.808. The predicted octanol–water partition coefficient (Wildman–Crippen LogP) is 4.04. The number of hydrogen-bond donors (Lipinski definition) is 1. The van der Waals surface area contributed by atoms with Crippen LogP contribution in [-0.2, 0) is 0 Å². The molecule has 0 aromatic heterocycles. The summed E-state index contributed by atoms with van der Waals surface area (Å²) in [4.78, 5) is 2.31. The molecule has 2 aromatic rings. The quantitative estimate of drug-likeness (QED) is 0.820. The van der Waals surface area contributed by atoms with E-state index >= 15 is 0 Å². The summed E-state index contributed by atoms with van der Waals surface area (Å²) in [6.07, 6.45) is 0. The normalized spacial score (nSPS) is 10.4. The SMILES string of the molecule is CCN(c1ccccc1C)c1cc(N)ccc1C. The van der Waals surface area contributed by atoms with Crippen LogP contribution in [0.4, 0.5) is 17.1 Å². The van der Waals surface area contributed by atoms with Crippen LogP contribution in [0.5, 0.6) is 0 Å². The molecular weight excluding hydrogens is 220 g/mol. The van der Waals surface area contributed by atoms with Gasteiger partial charge in [-0.05, 0) is 50.1 Å². The Bertz CT molecular complexity index is 547. The average Bonchev–Trinajstić information content (AvgIpc) is 2.36. The van der Waals surface area contributed by atoms with Gasteiger partial charge in [0.15, 0.2) is 0 Å². The van der Waals surface area contributed by atoms with Crippen LogP contribution < -0.4 is 10.6 Å². The van der Waals surface area contributed by atoms with Crippen LogP contribution in [0, 0.1) is 13.8 Å². The Kier molecular flexibility index (Phi) is 3.56. The van der Waals surface area contributed by atoms with E-state index < -0.39 is 0 Å². The third-order valence-electron chi connectivity index (χ3n) is 3.25. The van der Waals surface area contributed by atoms with Crippen molar-refractivity contribution < 1.29 is 0 Å². The Labute approximate surface area is 109 Å². The number of nitrogens with two attached hydrogens (primary N) is 1. The predicted molar refractivity (Wildman–Crippen MR) is 79.5 cm³/mol. The first-order valence-electron chi connectivity index (χ1n) is 6.32. The summed E-state index contributed by atoms with van der Waals surface area (Å²) in [6.45, 7) is 7.35. The molecule has 0 aliphatic rings. The molecule has 0 atom stereocenters. The summed E-state index contributed by atoms with van der Waals surface area (Å²) in [5, 5.41) is 0. The Morgan fingerprint density at radius 3 is 2.28 bits per heavy atom. The van der Waals surface area contributed by atoms with Gasteiger partial charge in [-0.2, -0.15) is 0 Å². The minimum Gasteiger partial charge on any atom is -0.399 e. The summed E-state index contributed by atoms with van der Waals surface area (Å²) in [6, 6.07) is 14.5. The van der Waals surface area contributed by atoms with Crippen LogP contribution >= 0.6 is 0 Å². The van der Waals surface area contributed by atoms with Gasteiger partial charge in [0.25, 0.3) is 0 Å². The maximum Gasteiger partial charge on any atom is 0.0461 e. The number of nitrogen functional groups attached to an aromatic ring is 1. The summed E-state index contributed by atoms with van der Waals surface area (Å²) >= 11 is 0. The van der Waals surface area contributed by atoms with Gasteiger partial charge in [-0.15, -0.1) is 0 Å². The maximum absolute atomic E-state index is 5.91.